The standard InChI is InChI=1S/C22H23N3O3/c1-14-9-16(10-17(12-23)22(26)24-18-5-3-4-6-18)15(2)25(14)19-7-8-20-21(11-19)28-13-27-20/h7-11,18H,3-6,13H2,1-2H3,(H,24,26)/b17-10-. The fourth-order valence-corrected chi connectivity index (χ4v) is 3.99. The second-order valence-corrected chi connectivity index (χ2v) is 7.32. The van der Waals surface area contributed by atoms with Crippen LogP contribution in [-0.2, 0) is 4.79 Å². The Morgan fingerprint density at radius 1 is 1.21 bits per heavy atom. The van der Waals surface area contributed by atoms with E-state index in [0.29, 0.717) is 0 Å². The molecular formula is C22H23N3O3. The predicted molar refractivity (Wildman–Crippen MR) is 105 cm³/mol. The van der Waals surface area contributed by atoms with Crippen LogP contribution in [0.15, 0.2) is 29.8 Å². The van der Waals surface area contributed by atoms with Crippen molar-refractivity contribution < 1.29 is 14.3 Å². The minimum atomic E-state index is -0.290. The number of amides is 1. The van der Waals surface area contributed by atoms with Crippen molar-refractivity contribution in [2.24, 2.45) is 0 Å². The van der Waals surface area contributed by atoms with Gasteiger partial charge < -0.3 is 19.4 Å². The number of carbonyl (C=O) groups is 1. The summed E-state index contributed by atoms with van der Waals surface area (Å²) in [7, 11) is 0. The molecule has 0 spiro atoms. The van der Waals surface area contributed by atoms with Gasteiger partial charge in [0.2, 0.25) is 6.79 Å². The number of nitriles is 1. The van der Waals surface area contributed by atoms with Gasteiger partial charge in [-0.1, -0.05) is 12.8 Å². The number of aromatic nitrogens is 1. The monoisotopic (exact) mass is 377 g/mol. The Morgan fingerprint density at radius 2 is 1.96 bits per heavy atom. The Kier molecular flexibility index (Phi) is 4.82. The highest BCUT2D eigenvalue weighted by molar-refractivity contribution is 6.02. The summed E-state index contributed by atoms with van der Waals surface area (Å²) in [4.78, 5) is 12.5. The zero-order chi connectivity index (χ0) is 19.7. The summed E-state index contributed by atoms with van der Waals surface area (Å²) in [6.07, 6.45) is 5.92. The van der Waals surface area contributed by atoms with Crippen LogP contribution in [0.5, 0.6) is 11.5 Å². The number of hydrogen-bond acceptors (Lipinski definition) is 4. The Labute approximate surface area is 164 Å². The second-order valence-electron chi connectivity index (χ2n) is 7.32. The minimum absolute atomic E-state index is 0.137. The molecule has 2 aromatic rings. The lowest BCUT2D eigenvalue weighted by atomic mass is 10.1. The fraction of sp³-hybridized carbons (Fsp3) is 0.364. The minimum Gasteiger partial charge on any atom is -0.454 e. The molecule has 1 N–H and O–H groups in total. The van der Waals surface area contributed by atoms with Gasteiger partial charge in [0.1, 0.15) is 11.6 Å². The third-order valence-corrected chi connectivity index (χ3v) is 5.44. The largest absolute Gasteiger partial charge is 0.454 e. The normalized spacial score (nSPS) is 16.2. The Bertz CT molecular complexity index is 991. The molecule has 144 valence electrons. The number of aryl methyl sites for hydroxylation is 1. The van der Waals surface area contributed by atoms with Crippen LogP contribution in [0.3, 0.4) is 0 Å². The lowest BCUT2D eigenvalue weighted by Gasteiger charge is -2.11. The van der Waals surface area contributed by atoms with E-state index >= 15 is 0 Å². The summed E-state index contributed by atoms with van der Waals surface area (Å²) in [5.74, 6) is 1.17. The van der Waals surface area contributed by atoms with Gasteiger partial charge in [-0.25, -0.2) is 0 Å². The topological polar surface area (TPSA) is 76.3 Å². The molecule has 0 bridgehead atoms. The first-order chi connectivity index (χ1) is 13.6. The lowest BCUT2D eigenvalue weighted by molar-refractivity contribution is -0.117. The average molecular weight is 377 g/mol. The van der Waals surface area contributed by atoms with Gasteiger partial charge in [0, 0.05) is 29.2 Å². The van der Waals surface area contributed by atoms with E-state index in [2.05, 4.69) is 16.0 Å². The molecule has 1 saturated carbocycles. The molecule has 2 heterocycles. The summed E-state index contributed by atoms with van der Waals surface area (Å²) in [6.45, 7) is 4.21. The van der Waals surface area contributed by atoms with E-state index in [1.54, 1.807) is 6.08 Å². The van der Waals surface area contributed by atoms with E-state index in [1.807, 2.05) is 38.1 Å². The van der Waals surface area contributed by atoms with Crippen LogP contribution in [0.1, 0.15) is 42.6 Å². The molecule has 28 heavy (non-hydrogen) atoms. The van der Waals surface area contributed by atoms with Crippen molar-refractivity contribution in [3.63, 3.8) is 0 Å². The summed E-state index contributed by atoms with van der Waals surface area (Å²) in [6, 6.07) is 10.0. The van der Waals surface area contributed by atoms with Crippen molar-refractivity contribution in [1.82, 2.24) is 9.88 Å². The quantitative estimate of drug-likeness (QED) is 0.650. The Hall–Kier alpha value is -3.20. The molecule has 1 aliphatic carbocycles. The predicted octanol–water partition coefficient (Wildman–Crippen LogP) is 3.79. The molecule has 4 rings (SSSR count). The molecule has 0 saturated heterocycles. The molecule has 6 heteroatoms. The average Bonchev–Trinajstić information content (AvgIpc) is 3.40. The Morgan fingerprint density at radius 3 is 2.71 bits per heavy atom. The molecule has 0 atom stereocenters. The third-order valence-electron chi connectivity index (χ3n) is 5.44. The molecule has 6 nitrogen and oxygen atoms in total. The lowest BCUT2D eigenvalue weighted by Crippen LogP contribution is -2.33. The van der Waals surface area contributed by atoms with Gasteiger partial charge in [-0.3, -0.25) is 4.79 Å². The number of nitrogens with zero attached hydrogens (tertiary/aromatic N) is 2. The van der Waals surface area contributed by atoms with Crippen LogP contribution >= 0.6 is 0 Å². The number of nitrogens with one attached hydrogen (secondary N) is 1. The van der Waals surface area contributed by atoms with E-state index in [-0.39, 0.29) is 24.3 Å². The smallest absolute Gasteiger partial charge is 0.262 e. The molecule has 1 aliphatic heterocycles. The first-order valence-electron chi connectivity index (χ1n) is 9.58. The van der Waals surface area contributed by atoms with Gasteiger partial charge in [-0.2, -0.15) is 5.26 Å². The van der Waals surface area contributed by atoms with Gasteiger partial charge >= 0.3 is 0 Å². The maximum absolute atomic E-state index is 12.5. The summed E-state index contributed by atoms with van der Waals surface area (Å²) >= 11 is 0. The van der Waals surface area contributed by atoms with Gasteiger partial charge in [0.25, 0.3) is 5.91 Å². The number of fused-ring (bicyclic) bond motifs is 1. The van der Waals surface area contributed by atoms with E-state index in [9.17, 15) is 10.1 Å². The molecule has 0 unspecified atom stereocenters. The Balaban J connectivity index is 1.63. The maximum atomic E-state index is 12.5. The zero-order valence-corrected chi connectivity index (χ0v) is 16.1. The van der Waals surface area contributed by atoms with Crippen LogP contribution in [0.4, 0.5) is 0 Å². The van der Waals surface area contributed by atoms with E-state index in [0.717, 1.165) is 59.8 Å². The molecule has 1 aromatic carbocycles. The van der Waals surface area contributed by atoms with Crippen molar-refractivity contribution >= 4 is 12.0 Å². The van der Waals surface area contributed by atoms with Gasteiger partial charge in [0.05, 0.1) is 0 Å². The van der Waals surface area contributed by atoms with Crippen LogP contribution in [0, 0.1) is 25.2 Å². The van der Waals surface area contributed by atoms with E-state index < -0.39 is 0 Å². The highest BCUT2D eigenvalue weighted by Gasteiger charge is 2.20. The van der Waals surface area contributed by atoms with Crippen LogP contribution < -0.4 is 14.8 Å². The first-order valence-corrected chi connectivity index (χ1v) is 9.58. The van der Waals surface area contributed by atoms with Crippen molar-refractivity contribution in [2.75, 3.05) is 6.79 Å². The molecule has 2 aliphatic rings. The summed E-state index contributed by atoms with van der Waals surface area (Å²) in [5.41, 5.74) is 3.91. The zero-order valence-electron chi connectivity index (χ0n) is 16.1. The van der Waals surface area contributed by atoms with Crippen LogP contribution in [-0.4, -0.2) is 23.3 Å². The van der Waals surface area contributed by atoms with Crippen molar-refractivity contribution in [2.45, 2.75) is 45.6 Å². The van der Waals surface area contributed by atoms with Crippen LogP contribution in [0.25, 0.3) is 11.8 Å². The number of carbonyl (C=O) groups excluding carboxylic acids is 1. The maximum Gasteiger partial charge on any atom is 0.262 e. The van der Waals surface area contributed by atoms with Gasteiger partial charge in [0.15, 0.2) is 11.5 Å². The second kappa shape index (κ2) is 7.43. The van der Waals surface area contributed by atoms with E-state index in [1.165, 1.54) is 0 Å². The van der Waals surface area contributed by atoms with Crippen molar-refractivity contribution in [3.8, 4) is 23.3 Å². The van der Waals surface area contributed by atoms with Crippen LogP contribution in [0.2, 0.25) is 0 Å². The molecule has 1 fully saturated rings. The number of ether oxygens (including phenoxy) is 2. The molecule has 0 radical (unpaired) electrons. The van der Waals surface area contributed by atoms with Gasteiger partial charge in [-0.05, 0) is 56.5 Å². The van der Waals surface area contributed by atoms with Crippen molar-refractivity contribution in [3.05, 3.63) is 46.8 Å². The summed E-state index contributed by atoms with van der Waals surface area (Å²) < 4.78 is 12.9. The highest BCUT2D eigenvalue weighted by atomic mass is 16.7. The molecule has 1 aromatic heterocycles. The van der Waals surface area contributed by atoms with Crippen molar-refractivity contribution in [1.29, 1.82) is 5.26 Å². The number of rotatable bonds is 4. The van der Waals surface area contributed by atoms with Gasteiger partial charge in [-0.15, -0.1) is 0 Å². The first kappa shape index (κ1) is 18.2. The molecule has 1 amide bonds. The fourth-order valence-electron chi connectivity index (χ4n) is 3.99. The molecular weight excluding hydrogens is 354 g/mol. The number of benzene rings is 1. The SMILES string of the molecule is Cc1cc(/C=C(/C#N)C(=O)NC2CCCC2)c(C)n1-c1ccc2c(c1)OCO2. The highest BCUT2D eigenvalue weighted by Crippen LogP contribution is 2.35. The third kappa shape index (κ3) is 3.36. The van der Waals surface area contributed by atoms with E-state index in [4.69, 9.17) is 9.47 Å². The number of hydrogen-bond donors (Lipinski definition) is 1. The summed E-state index contributed by atoms with van der Waals surface area (Å²) in [5, 5.41) is 12.5.